The second kappa shape index (κ2) is 6.71. The summed E-state index contributed by atoms with van der Waals surface area (Å²) in [7, 11) is 0. The fourth-order valence-corrected chi connectivity index (χ4v) is 3.24. The topological polar surface area (TPSA) is 67.4 Å². The largest absolute Gasteiger partial charge is 0.416 e. The van der Waals surface area contributed by atoms with E-state index in [2.05, 4.69) is 15.5 Å². The summed E-state index contributed by atoms with van der Waals surface area (Å²) in [6.07, 6.45) is -6.51. The van der Waals surface area contributed by atoms with Crippen LogP contribution in [0.25, 0.3) is 0 Å². The standard InChI is InChI=1S/C15H23F3N4O2S/c1-13(2,3)11-21-20-10(25-11)6-19-12(23)22-7-9(15(16,17)18)24-14(4,5)8-22/h9H,6-8H2,1-5H3,(H,19,23)/t9-/m1/s1. The van der Waals surface area contributed by atoms with Crippen LogP contribution in [0.4, 0.5) is 18.0 Å². The molecule has 2 amide bonds. The van der Waals surface area contributed by atoms with Gasteiger partial charge in [0.1, 0.15) is 10.0 Å². The van der Waals surface area contributed by atoms with Gasteiger partial charge in [-0.3, -0.25) is 0 Å². The Balaban J connectivity index is 1.99. The van der Waals surface area contributed by atoms with E-state index in [1.807, 2.05) is 20.8 Å². The van der Waals surface area contributed by atoms with Crippen LogP contribution in [0.15, 0.2) is 0 Å². The molecule has 10 heteroatoms. The van der Waals surface area contributed by atoms with Gasteiger partial charge in [-0.1, -0.05) is 32.1 Å². The monoisotopic (exact) mass is 380 g/mol. The highest BCUT2D eigenvalue weighted by atomic mass is 32.1. The molecule has 1 aromatic heterocycles. The molecule has 0 aliphatic carbocycles. The highest BCUT2D eigenvalue weighted by Gasteiger charge is 2.49. The molecule has 1 atom stereocenters. The van der Waals surface area contributed by atoms with Crippen molar-refractivity contribution in [2.75, 3.05) is 13.1 Å². The molecular weight excluding hydrogens is 357 g/mol. The fourth-order valence-electron chi connectivity index (χ4n) is 2.40. The molecule has 25 heavy (non-hydrogen) atoms. The molecular formula is C15H23F3N4O2S. The fraction of sp³-hybridized carbons (Fsp3) is 0.800. The summed E-state index contributed by atoms with van der Waals surface area (Å²) < 4.78 is 44.0. The second-order valence-corrected chi connectivity index (χ2v) is 8.76. The summed E-state index contributed by atoms with van der Waals surface area (Å²) in [5.41, 5.74) is -1.22. The van der Waals surface area contributed by atoms with Crippen molar-refractivity contribution in [1.29, 1.82) is 0 Å². The Kier molecular flexibility index (Phi) is 5.34. The number of aromatic nitrogens is 2. The number of hydrogen-bond acceptors (Lipinski definition) is 5. The summed E-state index contributed by atoms with van der Waals surface area (Å²) in [5, 5.41) is 12.2. The van der Waals surface area contributed by atoms with E-state index in [1.165, 1.54) is 25.2 Å². The number of morpholine rings is 1. The summed E-state index contributed by atoms with van der Waals surface area (Å²) in [4.78, 5) is 13.4. The van der Waals surface area contributed by atoms with Crippen molar-refractivity contribution in [3.63, 3.8) is 0 Å². The molecule has 0 unspecified atom stereocenters. The van der Waals surface area contributed by atoms with Gasteiger partial charge in [-0.2, -0.15) is 13.2 Å². The van der Waals surface area contributed by atoms with Crippen LogP contribution in [0.3, 0.4) is 0 Å². The summed E-state index contributed by atoms with van der Waals surface area (Å²) in [6, 6.07) is -0.571. The van der Waals surface area contributed by atoms with Gasteiger partial charge >= 0.3 is 12.2 Å². The SMILES string of the molecule is CC1(C)CN(C(=O)NCc2nnc(C(C)(C)C)s2)C[C@H](C(F)(F)F)O1. The summed E-state index contributed by atoms with van der Waals surface area (Å²) in [6.45, 7) is 8.75. The van der Waals surface area contributed by atoms with Crippen molar-refractivity contribution in [1.82, 2.24) is 20.4 Å². The van der Waals surface area contributed by atoms with Crippen molar-refractivity contribution in [3.05, 3.63) is 10.0 Å². The third kappa shape index (κ3) is 5.27. The maximum atomic E-state index is 13.0. The zero-order valence-electron chi connectivity index (χ0n) is 14.9. The van der Waals surface area contributed by atoms with Gasteiger partial charge in [0.15, 0.2) is 6.10 Å². The predicted molar refractivity (Wildman–Crippen MR) is 87.4 cm³/mol. The van der Waals surface area contributed by atoms with Gasteiger partial charge in [0.05, 0.1) is 25.2 Å². The molecule has 1 saturated heterocycles. The minimum atomic E-state index is -4.52. The van der Waals surface area contributed by atoms with E-state index in [1.54, 1.807) is 0 Å². The molecule has 1 aliphatic rings. The maximum absolute atomic E-state index is 13.0. The van der Waals surface area contributed by atoms with Crippen molar-refractivity contribution >= 4 is 17.4 Å². The van der Waals surface area contributed by atoms with E-state index in [0.29, 0.717) is 5.01 Å². The van der Waals surface area contributed by atoms with Gasteiger partial charge in [0, 0.05) is 5.41 Å². The number of amides is 2. The first-order chi connectivity index (χ1) is 11.3. The number of urea groups is 1. The minimum Gasteiger partial charge on any atom is -0.359 e. The number of rotatable bonds is 2. The second-order valence-electron chi connectivity index (χ2n) is 7.70. The lowest BCUT2D eigenvalue weighted by molar-refractivity contribution is -0.267. The van der Waals surface area contributed by atoms with Crippen molar-refractivity contribution in [2.45, 2.75) is 64.5 Å². The average Bonchev–Trinajstić information content (AvgIpc) is 2.91. The Hall–Kier alpha value is -1.42. The van der Waals surface area contributed by atoms with Crippen LogP contribution in [0, 0.1) is 0 Å². The molecule has 1 fully saturated rings. The number of halogens is 3. The lowest BCUT2D eigenvalue weighted by Gasteiger charge is -2.43. The highest BCUT2D eigenvalue weighted by Crippen LogP contribution is 2.31. The van der Waals surface area contributed by atoms with E-state index in [9.17, 15) is 18.0 Å². The molecule has 2 rings (SSSR count). The van der Waals surface area contributed by atoms with E-state index in [0.717, 1.165) is 9.91 Å². The highest BCUT2D eigenvalue weighted by molar-refractivity contribution is 7.11. The van der Waals surface area contributed by atoms with Crippen LogP contribution in [0.2, 0.25) is 0 Å². The zero-order valence-corrected chi connectivity index (χ0v) is 15.7. The third-order valence-electron chi connectivity index (χ3n) is 3.57. The molecule has 2 heterocycles. The molecule has 0 bridgehead atoms. The third-order valence-corrected chi connectivity index (χ3v) is 4.92. The average molecular weight is 380 g/mol. The van der Waals surface area contributed by atoms with Crippen LogP contribution in [-0.4, -0.2) is 52.1 Å². The van der Waals surface area contributed by atoms with Gasteiger partial charge in [0.2, 0.25) is 0 Å². The minimum absolute atomic E-state index is 0.0781. The summed E-state index contributed by atoms with van der Waals surface area (Å²) >= 11 is 1.37. The Morgan fingerprint density at radius 1 is 1.36 bits per heavy atom. The number of ether oxygens (including phenoxy) is 1. The molecule has 0 aromatic carbocycles. The molecule has 1 N–H and O–H groups in total. The normalized spacial score (nSPS) is 21.3. The van der Waals surface area contributed by atoms with Gasteiger partial charge in [0.25, 0.3) is 0 Å². The van der Waals surface area contributed by atoms with Crippen molar-refractivity contribution in [3.8, 4) is 0 Å². The van der Waals surface area contributed by atoms with Crippen LogP contribution in [0.1, 0.15) is 44.6 Å². The number of hydrogen-bond donors (Lipinski definition) is 1. The molecule has 0 radical (unpaired) electrons. The Morgan fingerprint density at radius 3 is 2.52 bits per heavy atom. The first-order valence-corrected chi connectivity index (χ1v) is 8.70. The zero-order chi connectivity index (χ0) is 19.0. The molecule has 0 spiro atoms. The van der Waals surface area contributed by atoms with E-state index < -0.39 is 30.5 Å². The van der Waals surface area contributed by atoms with Gasteiger partial charge in [-0.15, -0.1) is 10.2 Å². The molecule has 1 aromatic rings. The lowest BCUT2D eigenvalue weighted by atomic mass is 9.98. The first-order valence-electron chi connectivity index (χ1n) is 7.88. The molecule has 0 saturated carbocycles. The number of alkyl halides is 3. The van der Waals surface area contributed by atoms with Crippen LogP contribution in [0.5, 0.6) is 0 Å². The molecule has 142 valence electrons. The maximum Gasteiger partial charge on any atom is 0.416 e. The lowest BCUT2D eigenvalue weighted by Crippen LogP contribution is -2.60. The Morgan fingerprint density at radius 2 is 2.00 bits per heavy atom. The van der Waals surface area contributed by atoms with Crippen LogP contribution in [-0.2, 0) is 16.7 Å². The number of carbonyl (C=O) groups excluding carboxylic acids is 1. The van der Waals surface area contributed by atoms with Crippen LogP contribution >= 0.6 is 11.3 Å². The predicted octanol–water partition coefficient (Wildman–Crippen LogP) is 3.09. The Bertz CT molecular complexity index is 625. The van der Waals surface area contributed by atoms with Crippen molar-refractivity contribution in [2.24, 2.45) is 0 Å². The van der Waals surface area contributed by atoms with Crippen LogP contribution < -0.4 is 5.32 Å². The van der Waals surface area contributed by atoms with E-state index in [4.69, 9.17) is 4.74 Å². The van der Waals surface area contributed by atoms with E-state index in [-0.39, 0.29) is 18.5 Å². The smallest absolute Gasteiger partial charge is 0.359 e. The number of nitrogens with one attached hydrogen (secondary N) is 1. The molecule has 6 nitrogen and oxygen atoms in total. The number of carbonyl (C=O) groups is 1. The number of nitrogens with zero attached hydrogens (tertiary/aromatic N) is 3. The quantitative estimate of drug-likeness (QED) is 0.856. The summed E-state index contributed by atoms with van der Waals surface area (Å²) in [5.74, 6) is 0. The molecule has 1 aliphatic heterocycles. The first kappa shape index (κ1) is 19.9. The van der Waals surface area contributed by atoms with Gasteiger partial charge in [-0.25, -0.2) is 4.79 Å². The van der Waals surface area contributed by atoms with Gasteiger partial charge < -0.3 is 15.0 Å². The Labute approximate surface area is 148 Å². The van der Waals surface area contributed by atoms with E-state index >= 15 is 0 Å². The van der Waals surface area contributed by atoms with Gasteiger partial charge in [-0.05, 0) is 13.8 Å². The van der Waals surface area contributed by atoms with Crippen molar-refractivity contribution < 1.29 is 22.7 Å².